The molecule has 7 heteroatoms. The van der Waals surface area contributed by atoms with E-state index < -0.39 is 5.97 Å². The van der Waals surface area contributed by atoms with Crippen molar-refractivity contribution in [1.82, 2.24) is 14.8 Å². The van der Waals surface area contributed by atoms with Gasteiger partial charge in [-0.2, -0.15) is 5.10 Å². The molecule has 0 saturated heterocycles. The summed E-state index contributed by atoms with van der Waals surface area (Å²) in [5, 5.41) is 17.6. The fourth-order valence-electron chi connectivity index (χ4n) is 3.23. The lowest BCUT2D eigenvalue weighted by Crippen LogP contribution is -2.18. The molecule has 2 heterocycles. The Balaban J connectivity index is 1.86. The number of fused-ring (bicyclic) bond motifs is 1. The summed E-state index contributed by atoms with van der Waals surface area (Å²) in [5.41, 5.74) is 2.12. The highest BCUT2D eigenvalue weighted by Crippen LogP contribution is 2.38. The number of rotatable bonds is 4. The van der Waals surface area contributed by atoms with Crippen LogP contribution in [-0.2, 0) is 0 Å². The molecule has 1 saturated carbocycles. The second kappa shape index (κ2) is 5.84. The summed E-state index contributed by atoms with van der Waals surface area (Å²) in [6.45, 7) is 1.86. The van der Waals surface area contributed by atoms with Gasteiger partial charge in [-0.15, -0.1) is 0 Å². The van der Waals surface area contributed by atoms with E-state index in [1.54, 1.807) is 0 Å². The number of hydrogen-bond donors (Lipinski definition) is 2. The average Bonchev–Trinajstić information content (AvgIpc) is 2.84. The molecule has 25 heavy (non-hydrogen) atoms. The van der Waals surface area contributed by atoms with E-state index in [0.717, 1.165) is 30.3 Å². The van der Waals surface area contributed by atoms with Crippen LogP contribution in [0.15, 0.2) is 30.6 Å². The summed E-state index contributed by atoms with van der Waals surface area (Å²) in [6.07, 6.45) is 6.09. The average molecular weight is 340 g/mol. The van der Waals surface area contributed by atoms with Crippen LogP contribution in [0.1, 0.15) is 41.2 Å². The molecule has 0 aliphatic heterocycles. The highest BCUT2D eigenvalue weighted by Gasteiger charge is 2.25. The Kier molecular flexibility index (Phi) is 3.63. The number of carboxylic acids is 1. The van der Waals surface area contributed by atoms with E-state index in [1.807, 2.05) is 11.6 Å². The lowest BCUT2D eigenvalue weighted by atomic mass is 9.93. The van der Waals surface area contributed by atoms with E-state index in [1.165, 1.54) is 30.6 Å². The molecular formula is C18H17FN4O2. The van der Waals surface area contributed by atoms with Gasteiger partial charge in [0.1, 0.15) is 5.82 Å². The van der Waals surface area contributed by atoms with Crippen molar-refractivity contribution in [2.24, 2.45) is 0 Å². The van der Waals surface area contributed by atoms with E-state index in [-0.39, 0.29) is 11.4 Å². The van der Waals surface area contributed by atoms with Crippen LogP contribution >= 0.6 is 0 Å². The van der Waals surface area contributed by atoms with Crippen LogP contribution in [0.5, 0.6) is 0 Å². The van der Waals surface area contributed by atoms with Gasteiger partial charge in [-0.1, -0.05) is 0 Å². The van der Waals surface area contributed by atoms with Crippen molar-refractivity contribution in [3.05, 3.63) is 47.5 Å². The molecule has 1 aliphatic rings. The van der Waals surface area contributed by atoms with Crippen LogP contribution < -0.4 is 5.32 Å². The zero-order valence-electron chi connectivity index (χ0n) is 13.7. The molecule has 0 bridgehead atoms. The smallest absolute Gasteiger partial charge is 0.337 e. The molecule has 1 fully saturated rings. The van der Waals surface area contributed by atoms with Crippen molar-refractivity contribution in [2.45, 2.75) is 32.2 Å². The summed E-state index contributed by atoms with van der Waals surface area (Å²) in [4.78, 5) is 15.4. The van der Waals surface area contributed by atoms with Gasteiger partial charge in [-0.25, -0.2) is 9.18 Å². The number of aryl methyl sites for hydroxylation is 1. The first-order valence-electron chi connectivity index (χ1n) is 8.17. The van der Waals surface area contributed by atoms with Gasteiger partial charge in [0.05, 0.1) is 29.0 Å². The van der Waals surface area contributed by atoms with Gasteiger partial charge in [0.25, 0.3) is 0 Å². The molecule has 1 aromatic carbocycles. The number of anilines is 2. The van der Waals surface area contributed by atoms with Gasteiger partial charge in [0.2, 0.25) is 0 Å². The van der Waals surface area contributed by atoms with E-state index in [2.05, 4.69) is 15.4 Å². The predicted molar refractivity (Wildman–Crippen MR) is 91.8 cm³/mol. The summed E-state index contributed by atoms with van der Waals surface area (Å²) in [5.74, 6) is -0.958. The fraction of sp³-hybridized carbons (Fsp3) is 0.278. The molecule has 4 rings (SSSR count). The first kappa shape index (κ1) is 15.6. The molecule has 0 atom stereocenters. The molecule has 0 unspecified atom stereocenters. The van der Waals surface area contributed by atoms with E-state index in [4.69, 9.17) is 0 Å². The number of nitrogens with zero attached hydrogens (tertiary/aromatic N) is 3. The van der Waals surface area contributed by atoms with Crippen molar-refractivity contribution in [3.63, 3.8) is 0 Å². The Morgan fingerprint density at radius 1 is 1.40 bits per heavy atom. The number of benzene rings is 1. The third-order valence-electron chi connectivity index (χ3n) is 4.68. The second-order valence-corrected chi connectivity index (χ2v) is 6.35. The first-order chi connectivity index (χ1) is 12.0. The Morgan fingerprint density at radius 2 is 2.20 bits per heavy atom. The lowest BCUT2D eigenvalue weighted by Gasteiger charge is -2.26. The highest BCUT2D eigenvalue weighted by atomic mass is 19.1. The number of carbonyl (C=O) groups is 1. The topological polar surface area (TPSA) is 80.0 Å². The Morgan fingerprint density at radius 3 is 2.88 bits per heavy atom. The molecule has 0 spiro atoms. The quantitative estimate of drug-likeness (QED) is 0.749. The summed E-state index contributed by atoms with van der Waals surface area (Å²) in [6, 6.07) is 4.65. The minimum absolute atomic E-state index is 0.0921. The van der Waals surface area contributed by atoms with Gasteiger partial charge >= 0.3 is 5.97 Å². The minimum atomic E-state index is -1.06. The molecule has 1 aliphatic carbocycles. The van der Waals surface area contributed by atoms with Crippen LogP contribution in [0, 0.1) is 12.7 Å². The molecular weight excluding hydrogens is 323 g/mol. The normalized spacial score (nSPS) is 14.5. The van der Waals surface area contributed by atoms with E-state index in [9.17, 15) is 14.3 Å². The van der Waals surface area contributed by atoms with Gasteiger partial charge in [0.15, 0.2) is 5.82 Å². The second-order valence-electron chi connectivity index (χ2n) is 6.35. The maximum Gasteiger partial charge on any atom is 0.337 e. The third-order valence-corrected chi connectivity index (χ3v) is 4.68. The Labute approximate surface area is 143 Å². The Bertz CT molecular complexity index is 979. The van der Waals surface area contributed by atoms with Crippen LogP contribution in [0.25, 0.3) is 10.9 Å². The lowest BCUT2D eigenvalue weighted by molar-refractivity contribution is 0.0698. The zero-order chi connectivity index (χ0) is 17.6. The molecule has 2 N–H and O–H groups in total. The number of halogens is 1. The van der Waals surface area contributed by atoms with Crippen molar-refractivity contribution in [3.8, 4) is 0 Å². The van der Waals surface area contributed by atoms with E-state index in [0.29, 0.717) is 22.9 Å². The number of pyridine rings is 1. The van der Waals surface area contributed by atoms with Gasteiger partial charge < -0.3 is 10.4 Å². The standard InChI is InChI=1S/C18H17FN4O2/c1-10-7-11(19)8-14-16(10)23(12-3-2-4-12)22-17(14)21-15-9-20-6-5-13(15)18(24)25/h5-9,12H,2-4H2,1H3,(H,21,22)(H,24,25). The number of nitrogens with one attached hydrogen (secondary N) is 1. The third kappa shape index (κ3) is 2.61. The molecule has 2 aromatic heterocycles. The molecule has 6 nitrogen and oxygen atoms in total. The first-order valence-corrected chi connectivity index (χ1v) is 8.17. The zero-order valence-corrected chi connectivity index (χ0v) is 13.7. The predicted octanol–water partition coefficient (Wildman–Crippen LogP) is 4.05. The van der Waals surface area contributed by atoms with Gasteiger partial charge in [0, 0.05) is 11.6 Å². The summed E-state index contributed by atoms with van der Waals surface area (Å²) >= 11 is 0. The van der Waals surface area contributed by atoms with E-state index >= 15 is 0 Å². The Hall–Kier alpha value is -2.96. The van der Waals surface area contributed by atoms with Crippen molar-refractivity contribution in [2.75, 3.05) is 5.32 Å². The van der Waals surface area contributed by atoms with Crippen molar-refractivity contribution < 1.29 is 14.3 Å². The minimum Gasteiger partial charge on any atom is -0.478 e. The van der Waals surface area contributed by atoms with Crippen LogP contribution in [-0.4, -0.2) is 25.8 Å². The van der Waals surface area contributed by atoms with Gasteiger partial charge in [-0.05, 0) is 49.9 Å². The van der Waals surface area contributed by atoms with Crippen LogP contribution in [0.2, 0.25) is 0 Å². The summed E-state index contributed by atoms with van der Waals surface area (Å²) in [7, 11) is 0. The molecule has 0 radical (unpaired) electrons. The molecule has 3 aromatic rings. The van der Waals surface area contributed by atoms with Crippen LogP contribution in [0.4, 0.5) is 15.9 Å². The number of aromatic nitrogens is 3. The van der Waals surface area contributed by atoms with Crippen molar-refractivity contribution >= 4 is 28.4 Å². The monoisotopic (exact) mass is 340 g/mol. The molecule has 128 valence electrons. The number of carboxylic acid groups (broad SMARTS) is 1. The highest BCUT2D eigenvalue weighted by molar-refractivity contribution is 5.98. The molecule has 0 amide bonds. The fourth-order valence-corrected chi connectivity index (χ4v) is 3.23. The number of hydrogen-bond acceptors (Lipinski definition) is 4. The maximum atomic E-state index is 14.0. The summed E-state index contributed by atoms with van der Waals surface area (Å²) < 4.78 is 15.9. The van der Waals surface area contributed by atoms with Crippen molar-refractivity contribution in [1.29, 1.82) is 0 Å². The van der Waals surface area contributed by atoms with Crippen LogP contribution in [0.3, 0.4) is 0 Å². The van der Waals surface area contributed by atoms with Gasteiger partial charge in [-0.3, -0.25) is 9.67 Å². The maximum absolute atomic E-state index is 14.0. The number of aromatic carboxylic acids is 1. The SMILES string of the molecule is Cc1cc(F)cc2c(Nc3cnccc3C(=O)O)nn(C3CCC3)c12. The largest absolute Gasteiger partial charge is 0.478 e.